The molecule has 0 saturated heterocycles. The van der Waals surface area contributed by atoms with Gasteiger partial charge in [0.1, 0.15) is 5.82 Å². The van der Waals surface area contributed by atoms with Crippen LogP contribution in [-0.4, -0.2) is 38.2 Å². The molecule has 2 aromatic heterocycles. The summed E-state index contributed by atoms with van der Waals surface area (Å²) < 4.78 is 26.1. The van der Waals surface area contributed by atoms with Crippen molar-refractivity contribution >= 4 is 17.7 Å². The highest BCUT2D eigenvalue weighted by molar-refractivity contribution is 7.99. The fraction of sp³-hybridized carbons (Fsp3) is 0.167. The van der Waals surface area contributed by atoms with Crippen molar-refractivity contribution in [1.82, 2.24) is 25.1 Å². The number of hydrogen-bond acceptors (Lipinski definition) is 7. The number of fused-ring (bicyclic) bond motifs is 1. The Morgan fingerprint density at radius 2 is 1.85 bits per heavy atom. The van der Waals surface area contributed by atoms with Crippen molar-refractivity contribution in [3.8, 4) is 28.6 Å². The van der Waals surface area contributed by atoms with E-state index < -0.39 is 0 Å². The molecule has 5 rings (SSSR count). The Hall–Kier alpha value is -3.92. The summed E-state index contributed by atoms with van der Waals surface area (Å²) in [6.07, 6.45) is 3.33. The highest BCUT2D eigenvalue weighted by atomic mass is 32.2. The van der Waals surface area contributed by atoms with Crippen molar-refractivity contribution in [1.29, 1.82) is 0 Å². The van der Waals surface area contributed by atoms with Crippen LogP contribution >= 0.6 is 11.8 Å². The summed E-state index contributed by atoms with van der Waals surface area (Å²) in [5.74, 6) is 1.57. The Balaban J connectivity index is 1.32. The highest BCUT2D eigenvalue weighted by Gasteiger charge is 2.20. The molecule has 1 aliphatic rings. The van der Waals surface area contributed by atoms with Crippen molar-refractivity contribution in [2.75, 3.05) is 12.5 Å². The molecule has 0 radical (unpaired) electrons. The second kappa shape index (κ2) is 9.52. The van der Waals surface area contributed by atoms with Crippen molar-refractivity contribution in [2.45, 2.75) is 18.1 Å². The minimum Gasteiger partial charge on any atom is -0.454 e. The van der Waals surface area contributed by atoms with Crippen LogP contribution in [0, 0.1) is 5.82 Å². The zero-order valence-electron chi connectivity index (χ0n) is 18.1. The van der Waals surface area contributed by atoms with Crippen LogP contribution in [0.25, 0.3) is 17.1 Å². The lowest BCUT2D eigenvalue weighted by atomic mass is 10.1. The Labute approximate surface area is 199 Å². The molecule has 34 heavy (non-hydrogen) atoms. The first kappa shape index (κ1) is 21.9. The summed E-state index contributed by atoms with van der Waals surface area (Å²) in [5.41, 5.74) is 2.41. The van der Waals surface area contributed by atoms with Gasteiger partial charge in [-0.2, -0.15) is 0 Å². The molecular weight excluding hydrogens is 457 g/mol. The van der Waals surface area contributed by atoms with E-state index in [4.69, 9.17) is 9.47 Å². The van der Waals surface area contributed by atoms with Gasteiger partial charge in [0.05, 0.1) is 11.8 Å². The first-order valence-corrected chi connectivity index (χ1v) is 11.5. The van der Waals surface area contributed by atoms with Crippen LogP contribution in [0.1, 0.15) is 18.5 Å². The third kappa shape index (κ3) is 4.58. The van der Waals surface area contributed by atoms with E-state index in [0.717, 1.165) is 11.1 Å². The molecule has 4 aromatic rings. The number of halogens is 1. The number of ether oxygens (including phenoxy) is 2. The van der Waals surface area contributed by atoms with Crippen molar-refractivity contribution in [3.05, 3.63) is 78.4 Å². The fourth-order valence-electron chi connectivity index (χ4n) is 3.55. The number of nitrogens with one attached hydrogen (secondary N) is 1. The minimum absolute atomic E-state index is 0.130. The number of thioether (sulfide) groups is 1. The molecule has 1 aliphatic heterocycles. The van der Waals surface area contributed by atoms with Crippen LogP contribution < -0.4 is 14.8 Å². The van der Waals surface area contributed by atoms with E-state index in [1.54, 1.807) is 29.1 Å². The molecule has 0 saturated carbocycles. The van der Waals surface area contributed by atoms with E-state index in [1.807, 2.05) is 37.3 Å². The third-order valence-electron chi connectivity index (χ3n) is 5.26. The van der Waals surface area contributed by atoms with Crippen LogP contribution in [0.5, 0.6) is 11.5 Å². The van der Waals surface area contributed by atoms with E-state index >= 15 is 0 Å². The molecule has 1 atom stereocenters. The fourth-order valence-corrected chi connectivity index (χ4v) is 4.32. The number of aromatic nitrogens is 4. The number of pyridine rings is 1. The molecule has 1 amide bonds. The zero-order valence-corrected chi connectivity index (χ0v) is 19.0. The molecular formula is C24H20FN5O3S. The number of benzene rings is 2. The maximum Gasteiger partial charge on any atom is 0.231 e. The predicted octanol–water partition coefficient (Wildman–Crippen LogP) is 4.17. The third-order valence-corrected chi connectivity index (χ3v) is 6.19. The van der Waals surface area contributed by atoms with Crippen molar-refractivity contribution in [2.24, 2.45) is 0 Å². The predicted molar refractivity (Wildman–Crippen MR) is 124 cm³/mol. The van der Waals surface area contributed by atoms with Gasteiger partial charge in [-0.3, -0.25) is 14.3 Å². The molecule has 3 heterocycles. The van der Waals surface area contributed by atoms with E-state index in [-0.39, 0.29) is 30.3 Å². The number of nitrogens with zero attached hydrogens (tertiary/aromatic N) is 4. The summed E-state index contributed by atoms with van der Waals surface area (Å²) in [5, 5.41) is 12.1. The number of carbonyl (C=O) groups is 1. The van der Waals surface area contributed by atoms with Gasteiger partial charge in [-0.25, -0.2) is 4.39 Å². The second-order valence-electron chi connectivity index (χ2n) is 7.54. The normalized spacial score (nSPS) is 13.0. The average molecular weight is 478 g/mol. The molecule has 0 bridgehead atoms. The number of carbonyl (C=O) groups excluding carboxylic acids is 1. The molecule has 10 heteroatoms. The molecule has 2 aromatic carbocycles. The van der Waals surface area contributed by atoms with Gasteiger partial charge in [0.15, 0.2) is 22.5 Å². The van der Waals surface area contributed by atoms with Crippen molar-refractivity contribution < 1.29 is 18.7 Å². The molecule has 1 unspecified atom stereocenters. The second-order valence-corrected chi connectivity index (χ2v) is 8.49. The number of rotatable bonds is 7. The lowest BCUT2D eigenvalue weighted by Crippen LogP contribution is -2.28. The topological polar surface area (TPSA) is 91.2 Å². The summed E-state index contributed by atoms with van der Waals surface area (Å²) in [4.78, 5) is 16.7. The van der Waals surface area contributed by atoms with Gasteiger partial charge >= 0.3 is 0 Å². The summed E-state index contributed by atoms with van der Waals surface area (Å²) >= 11 is 1.25. The molecule has 172 valence electrons. The summed E-state index contributed by atoms with van der Waals surface area (Å²) in [6.45, 7) is 2.11. The van der Waals surface area contributed by atoms with Crippen LogP contribution in [-0.2, 0) is 4.79 Å². The van der Waals surface area contributed by atoms with E-state index in [0.29, 0.717) is 28.2 Å². The Morgan fingerprint density at radius 1 is 1.09 bits per heavy atom. The van der Waals surface area contributed by atoms with Crippen LogP contribution in [0.2, 0.25) is 0 Å². The molecule has 0 aliphatic carbocycles. The maximum atomic E-state index is 13.5. The molecule has 0 spiro atoms. The molecule has 1 N–H and O–H groups in total. The SMILES string of the molecule is CC(NC(=O)CSc1nnc(-c2ccncc2)n1-c1ccc(F)cc1)c1ccc2c(c1)OCO2. The lowest BCUT2D eigenvalue weighted by Gasteiger charge is -2.15. The van der Waals surface area contributed by atoms with E-state index in [9.17, 15) is 9.18 Å². The Bertz CT molecular complexity index is 1310. The Morgan fingerprint density at radius 3 is 2.65 bits per heavy atom. The van der Waals surface area contributed by atoms with Crippen LogP contribution in [0.15, 0.2) is 72.1 Å². The summed E-state index contributed by atoms with van der Waals surface area (Å²) in [7, 11) is 0. The van der Waals surface area contributed by atoms with Gasteiger partial charge in [-0.15, -0.1) is 10.2 Å². The maximum absolute atomic E-state index is 13.5. The summed E-state index contributed by atoms with van der Waals surface area (Å²) in [6, 6.07) is 15.1. The largest absolute Gasteiger partial charge is 0.454 e. The monoisotopic (exact) mass is 477 g/mol. The minimum atomic E-state index is -0.339. The van der Waals surface area contributed by atoms with Crippen LogP contribution in [0.4, 0.5) is 4.39 Å². The standard InChI is InChI=1S/C24H20FN5O3S/c1-15(17-2-7-20-21(12-17)33-14-32-20)27-22(31)13-34-24-29-28-23(16-8-10-26-11-9-16)30(24)19-5-3-18(25)4-6-19/h2-12,15H,13-14H2,1H3,(H,27,31). The van der Waals surface area contributed by atoms with Gasteiger partial charge in [0, 0.05) is 23.6 Å². The van der Waals surface area contributed by atoms with Gasteiger partial charge in [-0.05, 0) is 61.0 Å². The van der Waals surface area contributed by atoms with E-state index in [2.05, 4.69) is 20.5 Å². The van der Waals surface area contributed by atoms with Gasteiger partial charge in [0.2, 0.25) is 12.7 Å². The quantitative estimate of drug-likeness (QED) is 0.400. The Kier molecular flexibility index (Phi) is 6.13. The van der Waals surface area contributed by atoms with Gasteiger partial charge in [0.25, 0.3) is 0 Å². The zero-order chi connectivity index (χ0) is 23.5. The first-order chi connectivity index (χ1) is 16.6. The number of amides is 1. The number of hydrogen-bond donors (Lipinski definition) is 1. The first-order valence-electron chi connectivity index (χ1n) is 10.5. The molecule has 0 fully saturated rings. The molecule has 8 nitrogen and oxygen atoms in total. The van der Waals surface area contributed by atoms with E-state index in [1.165, 1.54) is 23.9 Å². The van der Waals surface area contributed by atoms with Gasteiger partial charge in [-0.1, -0.05) is 17.8 Å². The average Bonchev–Trinajstić information content (AvgIpc) is 3.50. The van der Waals surface area contributed by atoms with Crippen molar-refractivity contribution in [3.63, 3.8) is 0 Å². The van der Waals surface area contributed by atoms with Crippen LogP contribution in [0.3, 0.4) is 0 Å². The lowest BCUT2D eigenvalue weighted by molar-refractivity contribution is -0.119. The highest BCUT2D eigenvalue weighted by Crippen LogP contribution is 2.34. The van der Waals surface area contributed by atoms with Gasteiger partial charge < -0.3 is 14.8 Å². The smallest absolute Gasteiger partial charge is 0.231 e.